The van der Waals surface area contributed by atoms with Gasteiger partial charge in [-0.15, -0.1) is 0 Å². The summed E-state index contributed by atoms with van der Waals surface area (Å²) < 4.78 is 0. The van der Waals surface area contributed by atoms with Crippen molar-refractivity contribution in [3.63, 3.8) is 0 Å². The van der Waals surface area contributed by atoms with Crippen LogP contribution < -0.4 is 5.32 Å². The molecular weight excluding hydrogens is 264 g/mol. The van der Waals surface area contributed by atoms with Gasteiger partial charge in [0.1, 0.15) is 0 Å². The smallest absolute Gasteiger partial charge is 0.272 e. The number of hydrogen-bond acceptors (Lipinski definition) is 3. The lowest BCUT2D eigenvalue weighted by Crippen LogP contribution is -2.28. The summed E-state index contributed by atoms with van der Waals surface area (Å²) in [6.45, 7) is 7.20. The maximum atomic E-state index is 11.0. The van der Waals surface area contributed by atoms with Crippen LogP contribution in [0.4, 0.5) is 5.69 Å². The lowest BCUT2D eigenvalue weighted by Gasteiger charge is -2.28. The predicted octanol–water partition coefficient (Wildman–Crippen LogP) is 4.38. The van der Waals surface area contributed by atoms with E-state index in [1.807, 2.05) is 12.1 Å². The molecule has 3 atom stereocenters. The average Bonchev–Trinajstić information content (AvgIpc) is 2.45. The van der Waals surface area contributed by atoms with E-state index in [1.54, 1.807) is 13.0 Å². The first kappa shape index (κ1) is 16.0. The van der Waals surface area contributed by atoms with Crippen LogP contribution in [0.15, 0.2) is 18.2 Å². The monoisotopic (exact) mass is 290 g/mol. The molecule has 0 aromatic heterocycles. The predicted molar refractivity (Wildman–Crippen MR) is 85.4 cm³/mol. The molecule has 1 aromatic carbocycles. The topological polar surface area (TPSA) is 55.2 Å². The summed E-state index contributed by atoms with van der Waals surface area (Å²) in [4.78, 5) is 10.7. The lowest BCUT2D eigenvalue weighted by atomic mass is 9.82. The number of nitrogens with zero attached hydrogens (tertiary/aromatic N) is 1. The van der Waals surface area contributed by atoms with Gasteiger partial charge in [-0.1, -0.05) is 31.9 Å². The van der Waals surface area contributed by atoms with Gasteiger partial charge in [-0.25, -0.2) is 0 Å². The van der Waals surface area contributed by atoms with E-state index in [4.69, 9.17) is 0 Å². The van der Waals surface area contributed by atoms with Gasteiger partial charge in [-0.2, -0.15) is 0 Å². The van der Waals surface area contributed by atoms with Crippen molar-refractivity contribution in [2.45, 2.75) is 52.5 Å². The molecular formula is C17H26N2O2. The maximum Gasteiger partial charge on any atom is 0.272 e. The Morgan fingerprint density at radius 1 is 1.43 bits per heavy atom. The molecule has 4 nitrogen and oxygen atoms in total. The minimum absolute atomic E-state index is 0.154. The molecule has 3 unspecified atom stereocenters. The molecule has 0 aliphatic heterocycles. The third-order valence-electron chi connectivity index (χ3n) is 4.69. The largest absolute Gasteiger partial charge is 0.310 e. The van der Waals surface area contributed by atoms with Gasteiger partial charge in [0.05, 0.1) is 4.92 Å². The second-order valence-corrected chi connectivity index (χ2v) is 6.57. The van der Waals surface area contributed by atoms with Gasteiger partial charge in [0.2, 0.25) is 0 Å². The van der Waals surface area contributed by atoms with Gasteiger partial charge in [0.15, 0.2) is 0 Å². The fourth-order valence-electron chi connectivity index (χ4n) is 3.30. The second-order valence-electron chi connectivity index (χ2n) is 6.57. The Morgan fingerprint density at radius 3 is 2.86 bits per heavy atom. The normalized spacial score (nSPS) is 23.8. The molecule has 0 radical (unpaired) electrons. The molecule has 21 heavy (non-hydrogen) atoms. The van der Waals surface area contributed by atoms with E-state index in [0.717, 1.165) is 29.5 Å². The molecule has 1 aliphatic rings. The number of nitrogens with one attached hydrogen (secondary N) is 1. The first-order chi connectivity index (χ1) is 9.97. The molecule has 2 rings (SSSR count). The number of hydrogen-bond donors (Lipinski definition) is 1. The highest BCUT2D eigenvalue weighted by molar-refractivity contribution is 5.43. The summed E-state index contributed by atoms with van der Waals surface area (Å²) in [6, 6.07) is 5.69. The van der Waals surface area contributed by atoms with Crippen molar-refractivity contribution in [1.82, 2.24) is 5.32 Å². The van der Waals surface area contributed by atoms with Crippen LogP contribution in [0.5, 0.6) is 0 Å². The average molecular weight is 290 g/mol. The Bertz CT molecular complexity index is 502. The van der Waals surface area contributed by atoms with Crippen molar-refractivity contribution in [2.75, 3.05) is 6.54 Å². The summed E-state index contributed by atoms with van der Waals surface area (Å²) >= 11 is 0. The molecule has 0 spiro atoms. The van der Waals surface area contributed by atoms with E-state index in [0.29, 0.717) is 0 Å². The van der Waals surface area contributed by atoms with E-state index >= 15 is 0 Å². The third-order valence-corrected chi connectivity index (χ3v) is 4.69. The van der Waals surface area contributed by atoms with Crippen LogP contribution in [0.3, 0.4) is 0 Å². The van der Waals surface area contributed by atoms with E-state index in [9.17, 15) is 10.1 Å². The molecule has 1 aromatic rings. The van der Waals surface area contributed by atoms with Crippen LogP contribution in [0.2, 0.25) is 0 Å². The van der Waals surface area contributed by atoms with Crippen molar-refractivity contribution < 1.29 is 4.92 Å². The molecule has 1 aliphatic carbocycles. The molecule has 1 saturated carbocycles. The van der Waals surface area contributed by atoms with Crippen LogP contribution in [0, 0.1) is 28.9 Å². The van der Waals surface area contributed by atoms with E-state index in [-0.39, 0.29) is 16.7 Å². The molecule has 0 heterocycles. The number of nitro groups is 1. The molecule has 0 amide bonds. The number of aryl methyl sites for hydroxylation is 1. The van der Waals surface area contributed by atoms with E-state index in [2.05, 4.69) is 19.2 Å². The van der Waals surface area contributed by atoms with Crippen molar-refractivity contribution in [1.29, 1.82) is 0 Å². The highest BCUT2D eigenvalue weighted by Gasteiger charge is 2.20. The standard InChI is InChI=1S/C17H26N2O2/c1-12-5-4-6-15(9-12)11-18-14(3)16-8-7-13(2)17(10-16)19(20)21/h7-8,10,12,14-15,18H,4-6,9,11H2,1-3H3. The van der Waals surface area contributed by atoms with Crippen LogP contribution in [0.25, 0.3) is 0 Å². The molecule has 116 valence electrons. The maximum absolute atomic E-state index is 11.0. The van der Waals surface area contributed by atoms with Gasteiger partial charge >= 0.3 is 0 Å². The van der Waals surface area contributed by atoms with Gasteiger partial charge in [-0.3, -0.25) is 10.1 Å². The molecule has 4 heteroatoms. The second kappa shape index (κ2) is 7.03. The molecule has 1 N–H and O–H groups in total. The summed E-state index contributed by atoms with van der Waals surface area (Å²) in [7, 11) is 0. The van der Waals surface area contributed by atoms with Crippen LogP contribution in [-0.2, 0) is 0 Å². The van der Waals surface area contributed by atoms with Crippen molar-refractivity contribution in [2.24, 2.45) is 11.8 Å². The summed E-state index contributed by atoms with van der Waals surface area (Å²) in [6.07, 6.45) is 5.29. The third kappa shape index (κ3) is 4.27. The van der Waals surface area contributed by atoms with Crippen molar-refractivity contribution in [3.8, 4) is 0 Å². The Labute approximate surface area is 127 Å². The van der Waals surface area contributed by atoms with Crippen LogP contribution in [-0.4, -0.2) is 11.5 Å². The Balaban J connectivity index is 1.95. The summed E-state index contributed by atoms with van der Waals surface area (Å²) in [5.74, 6) is 1.58. The lowest BCUT2D eigenvalue weighted by molar-refractivity contribution is -0.385. The Hall–Kier alpha value is -1.42. The van der Waals surface area contributed by atoms with Crippen molar-refractivity contribution >= 4 is 5.69 Å². The Morgan fingerprint density at radius 2 is 2.19 bits per heavy atom. The number of benzene rings is 1. The minimum atomic E-state index is -0.297. The van der Waals surface area contributed by atoms with Gasteiger partial charge in [0.25, 0.3) is 5.69 Å². The van der Waals surface area contributed by atoms with Crippen molar-refractivity contribution in [3.05, 3.63) is 39.4 Å². The van der Waals surface area contributed by atoms with Crippen LogP contribution >= 0.6 is 0 Å². The molecule has 0 bridgehead atoms. The van der Waals surface area contributed by atoms with E-state index < -0.39 is 0 Å². The van der Waals surface area contributed by atoms with Gasteiger partial charge < -0.3 is 5.32 Å². The fraction of sp³-hybridized carbons (Fsp3) is 0.647. The van der Waals surface area contributed by atoms with Crippen LogP contribution in [0.1, 0.15) is 56.7 Å². The highest BCUT2D eigenvalue weighted by atomic mass is 16.6. The van der Waals surface area contributed by atoms with Gasteiger partial charge in [-0.05, 0) is 50.6 Å². The zero-order valence-corrected chi connectivity index (χ0v) is 13.3. The van der Waals surface area contributed by atoms with Gasteiger partial charge in [0, 0.05) is 17.7 Å². The number of nitro benzene ring substituents is 1. The fourth-order valence-corrected chi connectivity index (χ4v) is 3.30. The summed E-state index contributed by atoms with van der Waals surface area (Å²) in [5, 5.41) is 14.6. The summed E-state index contributed by atoms with van der Waals surface area (Å²) in [5.41, 5.74) is 1.93. The Kier molecular flexibility index (Phi) is 5.34. The SMILES string of the molecule is Cc1ccc(C(C)NCC2CCCC(C)C2)cc1[N+](=O)[O-]. The first-order valence-electron chi connectivity index (χ1n) is 7.95. The zero-order chi connectivity index (χ0) is 15.4. The first-order valence-corrected chi connectivity index (χ1v) is 7.95. The zero-order valence-electron chi connectivity index (χ0n) is 13.3. The highest BCUT2D eigenvalue weighted by Crippen LogP contribution is 2.29. The molecule has 0 saturated heterocycles. The molecule has 1 fully saturated rings. The number of rotatable bonds is 5. The van der Waals surface area contributed by atoms with E-state index in [1.165, 1.54) is 25.7 Å². The minimum Gasteiger partial charge on any atom is -0.310 e. The quantitative estimate of drug-likeness (QED) is 0.646.